The van der Waals surface area contributed by atoms with E-state index in [9.17, 15) is 4.79 Å². The molecule has 0 aromatic heterocycles. The number of carbonyl (C=O) groups excluding carboxylic acids is 1. The second-order valence-electron chi connectivity index (χ2n) is 2.96. The molecule has 0 saturated heterocycles. The second kappa shape index (κ2) is 4.87. The molecule has 0 aliphatic carbocycles. The predicted molar refractivity (Wildman–Crippen MR) is 56.6 cm³/mol. The van der Waals surface area contributed by atoms with Gasteiger partial charge in [-0.15, -0.1) is 12.4 Å². The van der Waals surface area contributed by atoms with Crippen molar-refractivity contribution in [1.82, 2.24) is 5.32 Å². The monoisotopic (exact) mass is 199 g/mol. The lowest BCUT2D eigenvalue weighted by Gasteiger charge is -2.02. The van der Waals surface area contributed by atoms with Gasteiger partial charge in [0.1, 0.15) is 0 Å². The number of halogens is 1. The summed E-state index contributed by atoms with van der Waals surface area (Å²) in [6, 6.07) is 5.81. The zero-order chi connectivity index (χ0) is 9.14. The van der Waals surface area contributed by atoms with Crippen molar-refractivity contribution in [3.8, 4) is 0 Å². The second-order valence-corrected chi connectivity index (χ2v) is 2.96. The van der Waals surface area contributed by atoms with Gasteiger partial charge in [-0.3, -0.25) is 4.79 Å². The van der Waals surface area contributed by atoms with Crippen molar-refractivity contribution >= 4 is 18.3 Å². The average molecular weight is 200 g/mol. The molecule has 0 unspecified atom stereocenters. The van der Waals surface area contributed by atoms with Crippen molar-refractivity contribution in [3.63, 3.8) is 0 Å². The van der Waals surface area contributed by atoms with Crippen LogP contribution in [0.3, 0.4) is 0 Å². The summed E-state index contributed by atoms with van der Waals surface area (Å²) in [6.07, 6.45) is 0. The lowest BCUT2D eigenvalue weighted by Crippen LogP contribution is -2.17. The van der Waals surface area contributed by atoms with Crippen LogP contribution in [-0.2, 0) is 0 Å². The molecule has 1 aromatic rings. The van der Waals surface area contributed by atoms with Crippen LogP contribution in [0.2, 0.25) is 0 Å². The third-order valence-corrected chi connectivity index (χ3v) is 1.71. The molecule has 0 heterocycles. The van der Waals surface area contributed by atoms with Crippen LogP contribution < -0.4 is 5.32 Å². The van der Waals surface area contributed by atoms with Crippen LogP contribution >= 0.6 is 12.4 Å². The van der Waals surface area contributed by atoms with E-state index in [0.717, 1.165) is 16.7 Å². The highest BCUT2D eigenvalue weighted by Crippen LogP contribution is 2.08. The molecule has 0 aliphatic heterocycles. The molecule has 3 heteroatoms. The molecule has 0 spiro atoms. The summed E-state index contributed by atoms with van der Waals surface area (Å²) in [7, 11) is 1.64. The van der Waals surface area contributed by atoms with E-state index in [1.54, 1.807) is 7.05 Å². The Morgan fingerprint density at radius 1 is 1.15 bits per heavy atom. The molecule has 72 valence electrons. The standard InChI is InChI=1S/C10H13NO.ClH/c1-7-4-8(2)6-9(5-7)10(12)11-3;/h4-6H,1-3H3,(H,11,12);1H. The maximum Gasteiger partial charge on any atom is 0.251 e. The largest absolute Gasteiger partial charge is 0.355 e. The first kappa shape index (κ1) is 12.0. The molecule has 1 rings (SSSR count). The van der Waals surface area contributed by atoms with Crippen molar-refractivity contribution in [2.75, 3.05) is 7.05 Å². The Kier molecular flexibility index (Phi) is 4.49. The molecular formula is C10H14ClNO. The molecule has 1 aromatic carbocycles. The molecule has 0 saturated carbocycles. The number of hydrogen-bond acceptors (Lipinski definition) is 1. The minimum Gasteiger partial charge on any atom is -0.355 e. The first-order valence-corrected chi connectivity index (χ1v) is 3.94. The summed E-state index contributed by atoms with van der Waals surface area (Å²) in [5, 5.41) is 2.60. The fourth-order valence-electron chi connectivity index (χ4n) is 1.25. The quantitative estimate of drug-likeness (QED) is 0.738. The van der Waals surface area contributed by atoms with Crippen molar-refractivity contribution in [2.45, 2.75) is 13.8 Å². The minimum absolute atomic E-state index is 0. The topological polar surface area (TPSA) is 29.1 Å². The molecule has 1 N–H and O–H groups in total. The smallest absolute Gasteiger partial charge is 0.251 e. The zero-order valence-corrected chi connectivity index (χ0v) is 8.87. The Bertz CT molecular complexity index is 290. The van der Waals surface area contributed by atoms with Crippen LogP contribution in [0, 0.1) is 13.8 Å². The SMILES string of the molecule is CNC(=O)c1cc(C)cc(C)c1.Cl. The van der Waals surface area contributed by atoms with Gasteiger partial charge in [0.25, 0.3) is 5.91 Å². The zero-order valence-electron chi connectivity index (χ0n) is 8.05. The Balaban J connectivity index is 0.00000144. The van der Waals surface area contributed by atoms with Gasteiger partial charge in [0.2, 0.25) is 0 Å². The average Bonchev–Trinajstić information content (AvgIpc) is 2.01. The summed E-state index contributed by atoms with van der Waals surface area (Å²) in [6.45, 7) is 3.97. The molecule has 1 amide bonds. The third kappa shape index (κ3) is 3.07. The van der Waals surface area contributed by atoms with E-state index in [2.05, 4.69) is 5.32 Å². The predicted octanol–water partition coefficient (Wildman–Crippen LogP) is 2.08. The van der Waals surface area contributed by atoms with Gasteiger partial charge in [-0.2, -0.15) is 0 Å². The summed E-state index contributed by atoms with van der Waals surface area (Å²) in [5.74, 6) is -0.0261. The Morgan fingerprint density at radius 3 is 2.00 bits per heavy atom. The summed E-state index contributed by atoms with van der Waals surface area (Å²) >= 11 is 0. The molecule has 0 radical (unpaired) electrons. The fraction of sp³-hybridized carbons (Fsp3) is 0.300. The number of rotatable bonds is 1. The number of carbonyl (C=O) groups is 1. The number of aryl methyl sites for hydroxylation is 2. The first-order chi connectivity index (χ1) is 5.63. The van der Waals surface area contributed by atoms with Gasteiger partial charge in [0.15, 0.2) is 0 Å². The van der Waals surface area contributed by atoms with E-state index < -0.39 is 0 Å². The molecular weight excluding hydrogens is 186 g/mol. The molecule has 13 heavy (non-hydrogen) atoms. The number of hydrogen-bond donors (Lipinski definition) is 1. The number of benzene rings is 1. The first-order valence-electron chi connectivity index (χ1n) is 3.94. The maximum atomic E-state index is 11.2. The summed E-state index contributed by atoms with van der Waals surface area (Å²) in [5.41, 5.74) is 2.97. The van der Waals surface area contributed by atoms with Crippen molar-refractivity contribution < 1.29 is 4.79 Å². The van der Waals surface area contributed by atoms with Gasteiger partial charge in [-0.1, -0.05) is 17.2 Å². The fourth-order valence-corrected chi connectivity index (χ4v) is 1.25. The normalized spacial score (nSPS) is 8.85. The van der Waals surface area contributed by atoms with E-state index in [4.69, 9.17) is 0 Å². The van der Waals surface area contributed by atoms with E-state index >= 15 is 0 Å². The maximum absolute atomic E-state index is 11.2. The van der Waals surface area contributed by atoms with Gasteiger partial charge in [-0.25, -0.2) is 0 Å². The Hall–Kier alpha value is -1.02. The van der Waals surface area contributed by atoms with Gasteiger partial charge in [0.05, 0.1) is 0 Å². The van der Waals surface area contributed by atoms with E-state index in [-0.39, 0.29) is 18.3 Å². The van der Waals surface area contributed by atoms with E-state index in [1.807, 2.05) is 32.0 Å². The highest BCUT2D eigenvalue weighted by Gasteiger charge is 2.02. The number of amides is 1. The Morgan fingerprint density at radius 2 is 1.62 bits per heavy atom. The Labute approximate surface area is 84.8 Å². The third-order valence-electron chi connectivity index (χ3n) is 1.71. The van der Waals surface area contributed by atoms with Gasteiger partial charge < -0.3 is 5.32 Å². The van der Waals surface area contributed by atoms with E-state index in [0.29, 0.717) is 0 Å². The van der Waals surface area contributed by atoms with Crippen LogP contribution in [0.25, 0.3) is 0 Å². The molecule has 0 bridgehead atoms. The minimum atomic E-state index is -0.0261. The van der Waals surface area contributed by atoms with Gasteiger partial charge in [-0.05, 0) is 26.0 Å². The molecule has 0 aliphatic rings. The van der Waals surface area contributed by atoms with Gasteiger partial charge in [0, 0.05) is 12.6 Å². The highest BCUT2D eigenvalue weighted by atomic mass is 35.5. The summed E-state index contributed by atoms with van der Waals surface area (Å²) < 4.78 is 0. The van der Waals surface area contributed by atoms with Crippen LogP contribution in [0.1, 0.15) is 21.5 Å². The van der Waals surface area contributed by atoms with Crippen molar-refractivity contribution in [3.05, 3.63) is 34.9 Å². The molecule has 2 nitrogen and oxygen atoms in total. The lowest BCUT2D eigenvalue weighted by molar-refractivity contribution is 0.0963. The highest BCUT2D eigenvalue weighted by molar-refractivity contribution is 5.94. The van der Waals surface area contributed by atoms with Crippen LogP contribution in [0.4, 0.5) is 0 Å². The van der Waals surface area contributed by atoms with Crippen molar-refractivity contribution in [2.24, 2.45) is 0 Å². The molecule has 0 fully saturated rings. The lowest BCUT2D eigenvalue weighted by atomic mass is 10.1. The van der Waals surface area contributed by atoms with Gasteiger partial charge >= 0.3 is 0 Å². The van der Waals surface area contributed by atoms with E-state index in [1.165, 1.54) is 0 Å². The summed E-state index contributed by atoms with van der Waals surface area (Å²) in [4.78, 5) is 11.2. The number of nitrogens with one attached hydrogen (secondary N) is 1. The van der Waals surface area contributed by atoms with Crippen LogP contribution in [-0.4, -0.2) is 13.0 Å². The molecule has 0 atom stereocenters. The van der Waals surface area contributed by atoms with Crippen molar-refractivity contribution in [1.29, 1.82) is 0 Å². The van der Waals surface area contributed by atoms with Crippen LogP contribution in [0.5, 0.6) is 0 Å². The van der Waals surface area contributed by atoms with Crippen LogP contribution in [0.15, 0.2) is 18.2 Å².